The molecular formula is C37H53N2O3P. The molecule has 234 valence electrons. The Kier molecular flexibility index (Phi) is 10.6. The van der Waals surface area contributed by atoms with E-state index in [1.165, 1.54) is 21.5 Å². The van der Waals surface area contributed by atoms with Gasteiger partial charge in [0.25, 0.3) is 0 Å². The molecule has 1 fully saturated rings. The molecule has 1 aliphatic rings. The van der Waals surface area contributed by atoms with Crippen LogP contribution in [0.4, 0.5) is 0 Å². The van der Waals surface area contributed by atoms with Crippen molar-refractivity contribution in [2.24, 2.45) is 0 Å². The van der Waals surface area contributed by atoms with E-state index in [4.69, 9.17) is 9.47 Å². The number of aryl methyl sites for hydroxylation is 1. The molecule has 43 heavy (non-hydrogen) atoms. The van der Waals surface area contributed by atoms with Gasteiger partial charge in [0.05, 0.1) is 0 Å². The fourth-order valence-corrected chi connectivity index (χ4v) is 12.3. The zero-order chi connectivity index (χ0) is 31.3. The van der Waals surface area contributed by atoms with Crippen LogP contribution in [0.5, 0.6) is 11.5 Å². The van der Waals surface area contributed by atoms with Crippen molar-refractivity contribution < 1.29 is 14.3 Å². The van der Waals surface area contributed by atoms with Crippen molar-refractivity contribution in [3.63, 3.8) is 0 Å². The summed E-state index contributed by atoms with van der Waals surface area (Å²) in [5.41, 5.74) is 1.38. The molecule has 6 heteroatoms. The molecule has 0 spiro atoms. The number of methoxy groups -OCH3 is 2. The molecule has 4 rings (SSSR count). The summed E-state index contributed by atoms with van der Waals surface area (Å²) in [4.78, 5) is 15.5. The average Bonchev–Trinajstić information content (AvgIpc) is 2.97. The number of piperidine rings is 1. The van der Waals surface area contributed by atoms with Gasteiger partial charge in [0.1, 0.15) is 0 Å². The van der Waals surface area contributed by atoms with E-state index in [0.717, 1.165) is 49.8 Å². The van der Waals surface area contributed by atoms with E-state index in [2.05, 4.69) is 113 Å². The van der Waals surface area contributed by atoms with Crippen molar-refractivity contribution in [1.29, 1.82) is 0 Å². The summed E-state index contributed by atoms with van der Waals surface area (Å²) < 4.78 is 11.4. The van der Waals surface area contributed by atoms with E-state index >= 15 is 0 Å². The molecule has 5 nitrogen and oxygen atoms in total. The van der Waals surface area contributed by atoms with Gasteiger partial charge in [-0.2, -0.15) is 0 Å². The summed E-state index contributed by atoms with van der Waals surface area (Å²) in [6.45, 7) is 11.3. The van der Waals surface area contributed by atoms with Gasteiger partial charge in [0.2, 0.25) is 0 Å². The van der Waals surface area contributed by atoms with Crippen LogP contribution < -0.4 is 30.7 Å². The number of hydrogen-bond acceptors (Lipinski definition) is 4. The number of nitrogens with zero attached hydrogens (tertiary/aromatic N) is 1. The molecule has 0 bridgehead atoms. The number of carbonyl (C=O) groups excluding carboxylic acids is 1. The van der Waals surface area contributed by atoms with E-state index in [0.29, 0.717) is 6.42 Å². The van der Waals surface area contributed by atoms with Crippen molar-refractivity contribution in [1.82, 2.24) is 10.2 Å². The number of ether oxygens (including phenoxy) is 2. The number of amides is 1. The zero-order valence-electron chi connectivity index (χ0n) is 27.6. The summed E-state index contributed by atoms with van der Waals surface area (Å²) in [6, 6.07) is 26.5. The molecule has 1 saturated heterocycles. The Balaban J connectivity index is 1.53. The predicted octanol–water partition coefficient (Wildman–Crippen LogP) is 6.37. The van der Waals surface area contributed by atoms with Crippen molar-refractivity contribution in [3.8, 4) is 11.5 Å². The van der Waals surface area contributed by atoms with Gasteiger partial charge in [-0.05, 0) is 0 Å². The second kappa shape index (κ2) is 13.8. The molecule has 0 aliphatic carbocycles. The Bertz CT molecular complexity index is 1320. The van der Waals surface area contributed by atoms with Gasteiger partial charge in [0, 0.05) is 0 Å². The van der Waals surface area contributed by atoms with Crippen molar-refractivity contribution in [2.75, 3.05) is 27.4 Å². The van der Waals surface area contributed by atoms with Crippen LogP contribution in [0, 0.1) is 6.92 Å². The summed E-state index contributed by atoms with van der Waals surface area (Å²) in [6.07, 6.45) is 6.50. The summed E-state index contributed by atoms with van der Waals surface area (Å²) in [7, 11) is 3.21. The quantitative estimate of drug-likeness (QED) is 0.193. The van der Waals surface area contributed by atoms with Crippen LogP contribution in [-0.4, -0.2) is 55.4 Å². The first-order valence-corrected chi connectivity index (χ1v) is 18.0. The minimum absolute atomic E-state index is 0.0592. The normalized spacial score (nSPS) is 17.3. The minimum atomic E-state index is -2.47. The van der Waals surface area contributed by atoms with Gasteiger partial charge < -0.3 is 0 Å². The fraction of sp³-hybridized carbons (Fsp3) is 0.486. The third-order valence-electron chi connectivity index (χ3n) is 9.76. The molecule has 1 N–H and O–H groups in total. The van der Waals surface area contributed by atoms with Gasteiger partial charge in [0.15, 0.2) is 0 Å². The van der Waals surface area contributed by atoms with Crippen LogP contribution in [-0.2, 0) is 4.79 Å². The average molecular weight is 605 g/mol. The monoisotopic (exact) mass is 604 g/mol. The molecule has 0 atom stereocenters. The number of hydrogen-bond donors (Lipinski definition) is 1. The van der Waals surface area contributed by atoms with Crippen LogP contribution in [0.2, 0.25) is 0 Å². The van der Waals surface area contributed by atoms with Crippen LogP contribution >= 0.6 is 7.26 Å². The number of likely N-dealkylation sites (tertiary alicyclic amines) is 1. The molecule has 1 heterocycles. The van der Waals surface area contributed by atoms with E-state index in [1.807, 2.05) is 12.1 Å². The van der Waals surface area contributed by atoms with Crippen LogP contribution in [0.25, 0.3) is 0 Å². The SMILES string of the molecule is COc1cccc([PH](CCCCCC(=O)NC2CC(C)(C)N(C)C(C)(C)C2)(c2cccc(C)c2)c2cccc(OC)c2)c1. The first-order chi connectivity index (χ1) is 20.4. The first-order valence-electron chi connectivity index (χ1n) is 15.8. The summed E-state index contributed by atoms with van der Waals surface area (Å²) >= 11 is 0. The van der Waals surface area contributed by atoms with Gasteiger partial charge in [-0.1, -0.05) is 0 Å². The molecule has 3 aromatic rings. The number of nitrogens with one attached hydrogen (secondary N) is 1. The Morgan fingerprint density at radius 3 is 1.84 bits per heavy atom. The van der Waals surface area contributed by atoms with Gasteiger partial charge >= 0.3 is 261 Å². The van der Waals surface area contributed by atoms with Crippen molar-refractivity contribution in [2.45, 2.75) is 90.3 Å². The second-order valence-electron chi connectivity index (χ2n) is 13.7. The van der Waals surface area contributed by atoms with Crippen molar-refractivity contribution in [3.05, 3.63) is 78.4 Å². The predicted molar refractivity (Wildman–Crippen MR) is 185 cm³/mol. The van der Waals surface area contributed by atoms with E-state index in [-0.39, 0.29) is 23.0 Å². The molecule has 1 aliphatic heterocycles. The number of rotatable bonds is 12. The maximum absolute atomic E-state index is 13.1. The van der Waals surface area contributed by atoms with Gasteiger partial charge in [-0.3, -0.25) is 0 Å². The Morgan fingerprint density at radius 1 is 0.814 bits per heavy atom. The Morgan fingerprint density at radius 2 is 1.33 bits per heavy atom. The first kappa shape index (κ1) is 33.0. The number of carbonyl (C=O) groups is 1. The summed E-state index contributed by atoms with van der Waals surface area (Å²) in [5.74, 6) is 1.94. The van der Waals surface area contributed by atoms with Crippen molar-refractivity contribution >= 4 is 29.1 Å². The number of unbranched alkanes of at least 4 members (excludes halogenated alkanes) is 2. The standard InChI is InChI=1S/C37H53N2O3P/c1-28-15-12-18-32(23-28)43(33-19-13-16-30(24-33)41-7,34-20-14-17-31(25-34)42-8)22-11-9-10-21-35(40)38-29-26-36(2,3)39(6)37(4,5)27-29/h12-20,23-25,29,43H,9-11,21-22,26-27H2,1-8H3,(H,38,40). The fourth-order valence-electron chi connectivity index (χ4n) is 7.25. The van der Waals surface area contributed by atoms with E-state index in [1.54, 1.807) is 14.2 Å². The topological polar surface area (TPSA) is 50.8 Å². The number of benzene rings is 3. The zero-order valence-corrected chi connectivity index (χ0v) is 28.6. The van der Waals surface area contributed by atoms with Crippen LogP contribution in [0.15, 0.2) is 72.8 Å². The Labute approximate surface area is 260 Å². The molecule has 0 aromatic heterocycles. The molecule has 3 aromatic carbocycles. The molecular weight excluding hydrogens is 551 g/mol. The van der Waals surface area contributed by atoms with Gasteiger partial charge in [-0.15, -0.1) is 0 Å². The second-order valence-corrected chi connectivity index (χ2v) is 17.7. The molecule has 0 radical (unpaired) electrons. The van der Waals surface area contributed by atoms with Crippen LogP contribution in [0.3, 0.4) is 0 Å². The van der Waals surface area contributed by atoms with E-state index in [9.17, 15) is 4.79 Å². The van der Waals surface area contributed by atoms with Crippen LogP contribution in [0.1, 0.15) is 71.8 Å². The third-order valence-corrected chi connectivity index (χ3v) is 14.8. The molecule has 0 unspecified atom stereocenters. The van der Waals surface area contributed by atoms with E-state index < -0.39 is 7.26 Å². The molecule has 0 saturated carbocycles. The Hall–Kier alpha value is -2.88. The van der Waals surface area contributed by atoms with Gasteiger partial charge in [-0.25, -0.2) is 0 Å². The maximum atomic E-state index is 13.1. The molecule has 1 amide bonds. The third kappa shape index (κ3) is 7.62. The summed E-state index contributed by atoms with van der Waals surface area (Å²) in [5, 5.41) is 7.43.